The highest BCUT2D eigenvalue weighted by atomic mass is 35.5. The molecule has 0 spiro atoms. The summed E-state index contributed by atoms with van der Waals surface area (Å²) in [7, 11) is 0. The van der Waals surface area contributed by atoms with Gasteiger partial charge in [-0.3, -0.25) is 0 Å². The van der Waals surface area contributed by atoms with Crippen LogP contribution in [0.25, 0.3) is 0 Å². The van der Waals surface area contributed by atoms with Gasteiger partial charge in [-0.15, -0.1) is 11.6 Å². The minimum absolute atomic E-state index is 0.188. The van der Waals surface area contributed by atoms with E-state index in [1.54, 1.807) is 6.26 Å². The van der Waals surface area contributed by atoms with E-state index >= 15 is 0 Å². The number of aryl methyl sites for hydroxylation is 2. The summed E-state index contributed by atoms with van der Waals surface area (Å²) in [6, 6.07) is 10.3. The lowest BCUT2D eigenvalue weighted by atomic mass is 9.97. The fourth-order valence-electron chi connectivity index (χ4n) is 2.01. The summed E-state index contributed by atoms with van der Waals surface area (Å²) in [5, 5.41) is -0.188. The normalized spacial score (nSPS) is 12.6. The molecule has 2 rings (SSSR count). The van der Waals surface area contributed by atoms with Crippen LogP contribution < -0.4 is 0 Å². The summed E-state index contributed by atoms with van der Waals surface area (Å²) in [5.41, 5.74) is 3.77. The average molecular weight is 249 g/mol. The van der Waals surface area contributed by atoms with Crippen molar-refractivity contribution in [2.45, 2.75) is 32.1 Å². The van der Waals surface area contributed by atoms with Crippen LogP contribution in [0.1, 0.15) is 41.7 Å². The van der Waals surface area contributed by atoms with Crippen LogP contribution in [0.4, 0.5) is 0 Å². The number of hydrogen-bond donors (Lipinski definition) is 0. The van der Waals surface area contributed by atoms with Gasteiger partial charge in [-0.05, 0) is 41.7 Å². The van der Waals surface area contributed by atoms with Gasteiger partial charge >= 0.3 is 0 Å². The summed E-state index contributed by atoms with van der Waals surface area (Å²) >= 11 is 6.49. The molecule has 0 aliphatic heterocycles. The molecule has 17 heavy (non-hydrogen) atoms. The van der Waals surface area contributed by atoms with Crippen LogP contribution in [0.15, 0.2) is 41.0 Å². The van der Waals surface area contributed by atoms with E-state index in [0.29, 0.717) is 0 Å². The van der Waals surface area contributed by atoms with Crippen molar-refractivity contribution in [3.05, 3.63) is 59.0 Å². The van der Waals surface area contributed by atoms with E-state index in [4.69, 9.17) is 16.0 Å². The van der Waals surface area contributed by atoms with Gasteiger partial charge in [0, 0.05) is 0 Å². The molecule has 0 aliphatic carbocycles. The molecule has 0 amide bonds. The van der Waals surface area contributed by atoms with Crippen molar-refractivity contribution in [1.82, 2.24) is 0 Å². The molecule has 90 valence electrons. The van der Waals surface area contributed by atoms with E-state index in [1.165, 1.54) is 16.7 Å². The molecule has 1 atom stereocenters. The second-order valence-electron chi connectivity index (χ2n) is 4.12. The second-order valence-corrected chi connectivity index (χ2v) is 4.55. The minimum Gasteiger partial charge on any atom is -0.467 e. The Kier molecular flexibility index (Phi) is 3.90. The minimum atomic E-state index is -0.188. The summed E-state index contributed by atoms with van der Waals surface area (Å²) < 4.78 is 5.39. The van der Waals surface area contributed by atoms with Gasteiger partial charge in [0.2, 0.25) is 0 Å². The van der Waals surface area contributed by atoms with E-state index in [2.05, 4.69) is 32.0 Å². The lowest BCUT2D eigenvalue weighted by molar-refractivity contribution is 0.516. The van der Waals surface area contributed by atoms with Gasteiger partial charge in [-0.1, -0.05) is 32.0 Å². The molecule has 1 nitrogen and oxygen atoms in total. The van der Waals surface area contributed by atoms with Crippen molar-refractivity contribution in [2.24, 2.45) is 0 Å². The van der Waals surface area contributed by atoms with Crippen molar-refractivity contribution in [3.8, 4) is 0 Å². The first-order valence-electron chi connectivity index (χ1n) is 6.05. The van der Waals surface area contributed by atoms with Gasteiger partial charge in [-0.2, -0.15) is 0 Å². The molecule has 0 bridgehead atoms. The zero-order valence-electron chi connectivity index (χ0n) is 10.2. The Morgan fingerprint density at radius 2 is 2.00 bits per heavy atom. The Bertz CT molecular complexity index is 474. The number of furan rings is 1. The van der Waals surface area contributed by atoms with Gasteiger partial charge in [0.05, 0.1) is 6.26 Å². The first-order chi connectivity index (χ1) is 8.26. The molecule has 1 aromatic carbocycles. The monoisotopic (exact) mass is 248 g/mol. The molecule has 0 aliphatic rings. The predicted molar refractivity (Wildman–Crippen MR) is 71.6 cm³/mol. The average Bonchev–Trinajstić information content (AvgIpc) is 2.91. The highest BCUT2D eigenvalue weighted by Crippen LogP contribution is 2.32. The Labute approximate surface area is 107 Å². The quantitative estimate of drug-likeness (QED) is 0.713. The standard InChI is InChI=1S/C15H17ClO/c1-3-11-7-8-12(4-2)13(10-11)15(16)14-6-5-9-17-14/h5-10,15H,3-4H2,1-2H3. The van der Waals surface area contributed by atoms with Crippen LogP contribution in [0, 0.1) is 0 Å². The maximum absolute atomic E-state index is 6.49. The SMILES string of the molecule is CCc1ccc(CC)c(C(Cl)c2ccco2)c1. The third kappa shape index (κ3) is 2.55. The topological polar surface area (TPSA) is 13.1 Å². The van der Waals surface area contributed by atoms with Crippen LogP contribution in [0.3, 0.4) is 0 Å². The van der Waals surface area contributed by atoms with Gasteiger partial charge in [0.15, 0.2) is 0 Å². The van der Waals surface area contributed by atoms with Crippen molar-refractivity contribution in [2.75, 3.05) is 0 Å². The molecule has 1 heterocycles. The lowest BCUT2D eigenvalue weighted by Gasteiger charge is -2.13. The second kappa shape index (κ2) is 5.42. The highest BCUT2D eigenvalue weighted by Gasteiger charge is 2.16. The molecule has 0 saturated heterocycles. The van der Waals surface area contributed by atoms with Crippen molar-refractivity contribution >= 4 is 11.6 Å². The van der Waals surface area contributed by atoms with Crippen LogP contribution >= 0.6 is 11.6 Å². The van der Waals surface area contributed by atoms with E-state index < -0.39 is 0 Å². The number of halogens is 1. The number of benzene rings is 1. The van der Waals surface area contributed by atoms with Crippen LogP contribution in [-0.2, 0) is 12.8 Å². The molecule has 0 N–H and O–H groups in total. The molecule has 2 heteroatoms. The molecule has 2 aromatic rings. The van der Waals surface area contributed by atoms with E-state index in [-0.39, 0.29) is 5.38 Å². The molecular weight excluding hydrogens is 232 g/mol. The van der Waals surface area contributed by atoms with Gasteiger partial charge in [0.25, 0.3) is 0 Å². The zero-order chi connectivity index (χ0) is 12.3. The van der Waals surface area contributed by atoms with Gasteiger partial charge < -0.3 is 4.42 Å². The third-order valence-electron chi connectivity index (χ3n) is 3.07. The van der Waals surface area contributed by atoms with Crippen LogP contribution in [0.5, 0.6) is 0 Å². The fourth-order valence-corrected chi connectivity index (χ4v) is 2.34. The Balaban J connectivity index is 2.41. The molecule has 0 radical (unpaired) electrons. The lowest BCUT2D eigenvalue weighted by Crippen LogP contribution is -1.99. The smallest absolute Gasteiger partial charge is 0.126 e. The zero-order valence-corrected chi connectivity index (χ0v) is 11.0. The summed E-state index contributed by atoms with van der Waals surface area (Å²) in [4.78, 5) is 0. The highest BCUT2D eigenvalue weighted by molar-refractivity contribution is 6.22. The van der Waals surface area contributed by atoms with Crippen LogP contribution in [-0.4, -0.2) is 0 Å². The van der Waals surface area contributed by atoms with Gasteiger partial charge in [0.1, 0.15) is 11.1 Å². The fraction of sp³-hybridized carbons (Fsp3) is 0.333. The molecule has 1 aromatic heterocycles. The first kappa shape index (κ1) is 12.3. The van der Waals surface area contributed by atoms with E-state index in [0.717, 1.165) is 18.6 Å². The Hall–Kier alpha value is -1.21. The molecule has 0 saturated carbocycles. The Morgan fingerprint density at radius 3 is 2.59 bits per heavy atom. The summed E-state index contributed by atoms with van der Waals surface area (Å²) in [6.45, 7) is 4.30. The van der Waals surface area contributed by atoms with Crippen molar-refractivity contribution in [1.29, 1.82) is 0 Å². The number of rotatable bonds is 4. The van der Waals surface area contributed by atoms with E-state index in [1.807, 2.05) is 12.1 Å². The summed E-state index contributed by atoms with van der Waals surface area (Å²) in [5.74, 6) is 0.814. The molecular formula is C15H17ClO. The first-order valence-corrected chi connectivity index (χ1v) is 6.49. The maximum Gasteiger partial charge on any atom is 0.126 e. The summed E-state index contributed by atoms with van der Waals surface area (Å²) in [6.07, 6.45) is 3.68. The van der Waals surface area contributed by atoms with Crippen molar-refractivity contribution in [3.63, 3.8) is 0 Å². The largest absolute Gasteiger partial charge is 0.467 e. The van der Waals surface area contributed by atoms with E-state index in [9.17, 15) is 0 Å². The van der Waals surface area contributed by atoms with Gasteiger partial charge in [-0.25, -0.2) is 0 Å². The molecule has 0 fully saturated rings. The maximum atomic E-state index is 6.49. The molecule has 1 unspecified atom stereocenters. The Morgan fingerprint density at radius 1 is 1.18 bits per heavy atom. The van der Waals surface area contributed by atoms with Crippen LogP contribution in [0.2, 0.25) is 0 Å². The van der Waals surface area contributed by atoms with Crippen molar-refractivity contribution < 1.29 is 4.42 Å². The third-order valence-corrected chi connectivity index (χ3v) is 3.52. The number of alkyl halides is 1. The number of hydrogen-bond acceptors (Lipinski definition) is 1. The predicted octanol–water partition coefficient (Wildman–Crippen LogP) is 4.73.